The quantitative estimate of drug-likeness (QED) is 0.728. The Morgan fingerprint density at radius 3 is 2.52 bits per heavy atom. The van der Waals surface area contributed by atoms with Crippen LogP contribution in [0.15, 0.2) is 36.4 Å². The van der Waals surface area contributed by atoms with Gasteiger partial charge in [-0.1, -0.05) is 17.7 Å². The molecule has 0 aromatic heterocycles. The molecule has 2 aliphatic heterocycles. The molecular formula is C23H25ClFN3O3. The molecule has 0 atom stereocenters. The Labute approximate surface area is 186 Å². The van der Waals surface area contributed by atoms with Gasteiger partial charge >= 0.3 is 0 Å². The van der Waals surface area contributed by atoms with Crippen LogP contribution in [0.1, 0.15) is 28.4 Å². The van der Waals surface area contributed by atoms with Crippen LogP contribution in [0.25, 0.3) is 0 Å². The lowest BCUT2D eigenvalue weighted by molar-refractivity contribution is -0.130. The van der Waals surface area contributed by atoms with Gasteiger partial charge in [-0.2, -0.15) is 0 Å². The van der Waals surface area contributed by atoms with Gasteiger partial charge in [0, 0.05) is 57.3 Å². The summed E-state index contributed by atoms with van der Waals surface area (Å²) in [5.41, 5.74) is 2.44. The van der Waals surface area contributed by atoms with Crippen molar-refractivity contribution in [2.45, 2.75) is 20.0 Å². The van der Waals surface area contributed by atoms with Gasteiger partial charge in [-0.3, -0.25) is 14.5 Å². The number of ether oxygens (including phenoxy) is 1. The first-order valence-electron chi connectivity index (χ1n) is 10.4. The van der Waals surface area contributed by atoms with Gasteiger partial charge in [0.05, 0.1) is 11.6 Å². The van der Waals surface area contributed by atoms with Crippen molar-refractivity contribution >= 4 is 23.4 Å². The van der Waals surface area contributed by atoms with Gasteiger partial charge in [-0.25, -0.2) is 4.39 Å². The van der Waals surface area contributed by atoms with Crippen LogP contribution in [0.5, 0.6) is 5.75 Å². The highest BCUT2D eigenvalue weighted by molar-refractivity contribution is 6.31. The summed E-state index contributed by atoms with van der Waals surface area (Å²) >= 11 is 5.85. The number of carbonyl (C=O) groups excluding carboxylic acids is 2. The van der Waals surface area contributed by atoms with Crippen LogP contribution in [-0.4, -0.2) is 65.8 Å². The van der Waals surface area contributed by atoms with E-state index in [0.29, 0.717) is 25.3 Å². The lowest BCUT2D eigenvalue weighted by Crippen LogP contribution is -2.47. The molecule has 0 N–H and O–H groups in total. The van der Waals surface area contributed by atoms with Crippen LogP contribution < -0.4 is 4.74 Å². The fourth-order valence-electron chi connectivity index (χ4n) is 4.01. The van der Waals surface area contributed by atoms with E-state index < -0.39 is 5.82 Å². The van der Waals surface area contributed by atoms with Crippen LogP contribution in [0.3, 0.4) is 0 Å². The zero-order chi connectivity index (χ0) is 22.0. The molecule has 0 unspecified atom stereocenters. The first-order chi connectivity index (χ1) is 14.9. The third kappa shape index (κ3) is 4.99. The molecular weight excluding hydrogens is 421 g/mol. The van der Waals surface area contributed by atoms with E-state index in [1.807, 2.05) is 17.0 Å². The molecule has 0 aliphatic carbocycles. The summed E-state index contributed by atoms with van der Waals surface area (Å²) in [5, 5.41) is -0.0653. The predicted octanol–water partition coefficient (Wildman–Crippen LogP) is 3.18. The van der Waals surface area contributed by atoms with Crippen molar-refractivity contribution in [3.63, 3.8) is 0 Å². The highest BCUT2D eigenvalue weighted by Gasteiger charge is 2.23. The molecule has 2 aliphatic rings. The molecule has 2 heterocycles. The first kappa shape index (κ1) is 21.6. The first-order valence-corrected chi connectivity index (χ1v) is 10.8. The van der Waals surface area contributed by atoms with Crippen molar-refractivity contribution in [2.75, 3.05) is 39.3 Å². The maximum absolute atomic E-state index is 13.5. The van der Waals surface area contributed by atoms with Gasteiger partial charge < -0.3 is 14.5 Å². The van der Waals surface area contributed by atoms with E-state index in [2.05, 4.69) is 11.0 Å². The van der Waals surface area contributed by atoms with Crippen molar-refractivity contribution < 1.29 is 18.7 Å². The largest absolute Gasteiger partial charge is 0.491 e. The normalized spacial score (nSPS) is 17.0. The van der Waals surface area contributed by atoms with Crippen molar-refractivity contribution in [3.8, 4) is 5.75 Å². The zero-order valence-electron chi connectivity index (χ0n) is 17.4. The minimum absolute atomic E-state index is 0.0653. The summed E-state index contributed by atoms with van der Waals surface area (Å²) in [7, 11) is 0. The number of carbonyl (C=O) groups is 2. The van der Waals surface area contributed by atoms with Crippen LogP contribution >= 0.6 is 11.6 Å². The SMILES string of the molecule is CC(=O)N1CCN(Cc2ccc3c(c2)CN(C(=O)c2ccc(F)c(Cl)c2)CCO3)CC1. The molecule has 2 aromatic rings. The topological polar surface area (TPSA) is 53.1 Å². The van der Waals surface area contributed by atoms with Gasteiger partial charge in [0.1, 0.15) is 18.2 Å². The van der Waals surface area contributed by atoms with E-state index in [4.69, 9.17) is 16.3 Å². The molecule has 1 saturated heterocycles. The van der Waals surface area contributed by atoms with Crippen molar-refractivity contribution in [1.29, 1.82) is 0 Å². The molecule has 4 rings (SSSR count). The molecule has 8 heteroatoms. The lowest BCUT2D eigenvalue weighted by atomic mass is 10.1. The van der Waals surface area contributed by atoms with Gasteiger partial charge in [0.2, 0.25) is 5.91 Å². The van der Waals surface area contributed by atoms with E-state index in [9.17, 15) is 14.0 Å². The second-order valence-electron chi connectivity index (χ2n) is 7.93. The molecule has 2 amide bonds. The summed E-state index contributed by atoms with van der Waals surface area (Å²) in [5.74, 6) is 0.146. The second-order valence-corrected chi connectivity index (χ2v) is 8.34. The second kappa shape index (κ2) is 9.24. The van der Waals surface area contributed by atoms with Gasteiger partial charge in [0.25, 0.3) is 5.91 Å². The highest BCUT2D eigenvalue weighted by atomic mass is 35.5. The smallest absolute Gasteiger partial charge is 0.254 e. The predicted molar refractivity (Wildman–Crippen MR) is 116 cm³/mol. The molecule has 6 nitrogen and oxygen atoms in total. The molecule has 0 spiro atoms. The van der Waals surface area contributed by atoms with Crippen LogP contribution in [0, 0.1) is 5.82 Å². The Bertz CT molecular complexity index is 992. The Balaban J connectivity index is 1.46. The number of benzene rings is 2. The van der Waals surface area contributed by atoms with Gasteiger partial charge in [0.15, 0.2) is 0 Å². The number of nitrogens with zero attached hydrogens (tertiary/aromatic N) is 3. The number of halogens is 2. The Morgan fingerprint density at radius 1 is 1.03 bits per heavy atom. The molecule has 2 aromatic carbocycles. The summed E-state index contributed by atoms with van der Waals surface area (Å²) in [4.78, 5) is 30.4. The summed E-state index contributed by atoms with van der Waals surface area (Å²) in [6.45, 7) is 6.78. The standard InChI is InChI=1S/C23H25ClFN3O3/c1-16(29)27-8-6-26(7-9-27)14-17-2-5-22-19(12-17)15-28(10-11-31-22)23(30)18-3-4-21(25)20(24)13-18/h2-5,12-13H,6-11,14-15H2,1H3. The number of piperazine rings is 1. The van der Waals surface area contributed by atoms with Gasteiger partial charge in [-0.15, -0.1) is 0 Å². The molecule has 0 radical (unpaired) electrons. The number of hydrogen-bond donors (Lipinski definition) is 0. The monoisotopic (exact) mass is 445 g/mol. The van der Waals surface area contributed by atoms with Crippen molar-refractivity contribution in [2.24, 2.45) is 0 Å². The average Bonchev–Trinajstić information content (AvgIpc) is 2.97. The van der Waals surface area contributed by atoms with Gasteiger partial charge in [-0.05, 0) is 35.9 Å². The summed E-state index contributed by atoms with van der Waals surface area (Å²) < 4.78 is 19.3. The van der Waals surface area contributed by atoms with Crippen LogP contribution in [0.4, 0.5) is 4.39 Å². The maximum Gasteiger partial charge on any atom is 0.254 e. The van der Waals surface area contributed by atoms with Crippen molar-refractivity contribution in [1.82, 2.24) is 14.7 Å². The molecule has 31 heavy (non-hydrogen) atoms. The fourth-order valence-corrected chi connectivity index (χ4v) is 4.19. The highest BCUT2D eigenvalue weighted by Crippen LogP contribution is 2.26. The van der Waals surface area contributed by atoms with Crippen LogP contribution in [0.2, 0.25) is 5.02 Å². The number of rotatable bonds is 3. The van der Waals surface area contributed by atoms with E-state index in [0.717, 1.165) is 49.6 Å². The fraction of sp³-hybridized carbons (Fsp3) is 0.391. The molecule has 1 fully saturated rings. The third-order valence-electron chi connectivity index (χ3n) is 5.78. The average molecular weight is 446 g/mol. The van der Waals surface area contributed by atoms with E-state index >= 15 is 0 Å². The summed E-state index contributed by atoms with van der Waals surface area (Å²) in [6, 6.07) is 10.1. The Kier molecular flexibility index (Phi) is 6.43. The number of fused-ring (bicyclic) bond motifs is 1. The van der Waals surface area contributed by atoms with E-state index in [1.54, 1.807) is 11.8 Å². The summed E-state index contributed by atoms with van der Waals surface area (Å²) in [6.07, 6.45) is 0. The number of hydrogen-bond acceptors (Lipinski definition) is 4. The van der Waals surface area contributed by atoms with Crippen molar-refractivity contribution in [3.05, 3.63) is 63.9 Å². The number of amides is 2. The molecule has 0 saturated carbocycles. The molecule has 0 bridgehead atoms. The Morgan fingerprint density at radius 2 is 1.81 bits per heavy atom. The minimum atomic E-state index is -0.545. The lowest BCUT2D eigenvalue weighted by Gasteiger charge is -2.34. The zero-order valence-corrected chi connectivity index (χ0v) is 18.2. The maximum atomic E-state index is 13.5. The minimum Gasteiger partial charge on any atom is -0.491 e. The van der Waals surface area contributed by atoms with Crippen LogP contribution in [-0.2, 0) is 17.9 Å². The molecule has 164 valence electrons. The van der Waals surface area contributed by atoms with E-state index in [-0.39, 0.29) is 16.8 Å². The van der Waals surface area contributed by atoms with E-state index in [1.165, 1.54) is 18.2 Å². The third-order valence-corrected chi connectivity index (χ3v) is 6.07. The Hall–Kier alpha value is -2.64.